The molecule has 152 valence electrons. The van der Waals surface area contributed by atoms with Gasteiger partial charge >= 0.3 is 5.97 Å². The minimum Gasteiger partial charge on any atom is -0.465 e. The number of benzene rings is 2. The molecule has 3 aromatic rings. The van der Waals surface area contributed by atoms with Crippen LogP contribution in [0, 0.1) is 0 Å². The van der Waals surface area contributed by atoms with Crippen molar-refractivity contribution in [3.63, 3.8) is 0 Å². The molecular formula is C19H19N3O5S2. The number of thiazole rings is 1. The Morgan fingerprint density at radius 1 is 1.14 bits per heavy atom. The first-order valence-corrected chi connectivity index (χ1v) is 11.0. The van der Waals surface area contributed by atoms with Gasteiger partial charge in [-0.3, -0.25) is 4.79 Å². The number of hydrogen-bond acceptors (Lipinski definition) is 6. The molecule has 0 saturated heterocycles. The first kappa shape index (κ1) is 20.9. The normalized spacial score (nSPS) is 12.3. The second kappa shape index (κ2) is 8.27. The van der Waals surface area contributed by atoms with Gasteiger partial charge in [-0.05, 0) is 48.9 Å². The van der Waals surface area contributed by atoms with Gasteiger partial charge in [-0.1, -0.05) is 18.3 Å². The van der Waals surface area contributed by atoms with E-state index in [0.29, 0.717) is 27.2 Å². The van der Waals surface area contributed by atoms with Crippen LogP contribution in [0.1, 0.15) is 34.1 Å². The van der Waals surface area contributed by atoms with Crippen LogP contribution >= 0.6 is 11.3 Å². The molecule has 1 aromatic heterocycles. The van der Waals surface area contributed by atoms with Gasteiger partial charge < -0.3 is 9.30 Å². The molecule has 3 rings (SSSR count). The van der Waals surface area contributed by atoms with Gasteiger partial charge in [0.2, 0.25) is 10.0 Å². The van der Waals surface area contributed by atoms with Crippen LogP contribution in [-0.4, -0.2) is 32.0 Å². The Bertz CT molecular complexity index is 1260. The van der Waals surface area contributed by atoms with Crippen LogP contribution in [0.15, 0.2) is 52.4 Å². The number of methoxy groups -OCH3 is 1. The Balaban J connectivity index is 2.07. The van der Waals surface area contributed by atoms with Crippen molar-refractivity contribution in [2.24, 2.45) is 10.1 Å². The van der Waals surface area contributed by atoms with Crippen LogP contribution < -0.4 is 9.94 Å². The Hall–Kier alpha value is -2.82. The molecule has 0 atom stereocenters. The number of rotatable bonds is 5. The van der Waals surface area contributed by atoms with Crippen LogP contribution in [0.5, 0.6) is 0 Å². The highest BCUT2D eigenvalue weighted by atomic mass is 32.2. The third kappa shape index (κ3) is 4.44. The van der Waals surface area contributed by atoms with E-state index in [1.54, 1.807) is 6.07 Å². The average Bonchev–Trinajstić information content (AvgIpc) is 3.03. The smallest absolute Gasteiger partial charge is 0.337 e. The van der Waals surface area contributed by atoms with E-state index in [1.807, 2.05) is 11.5 Å². The molecule has 2 N–H and O–H groups in total. The summed E-state index contributed by atoms with van der Waals surface area (Å²) in [5, 5.41) is 5.21. The maximum atomic E-state index is 12.6. The number of carbonyl (C=O) groups is 2. The SMILES string of the molecule is CCCn1c(=NC(=O)c2ccc(C(=O)OC)cc2)sc2cc(S(N)(=O)=O)ccc21. The topological polar surface area (TPSA) is 121 Å². The van der Waals surface area contributed by atoms with Gasteiger partial charge in [0.1, 0.15) is 0 Å². The van der Waals surface area contributed by atoms with Crippen molar-refractivity contribution in [3.05, 3.63) is 58.4 Å². The summed E-state index contributed by atoms with van der Waals surface area (Å²) in [7, 11) is -2.54. The van der Waals surface area contributed by atoms with Gasteiger partial charge in [-0.25, -0.2) is 18.4 Å². The molecule has 1 amide bonds. The van der Waals surface area contributed by atoms with Crippen molar-refractivity contribution in [1.82, 2.24) is 4.57 Å². The number of nitrogens with two attached hydrogens (primary N) is 1. The van der Waals surface area contributed by atoms with E-state index < -0.39 is 21.9 Å². The fourth-order valence-electron chi connectivity index (χ4n) is 2.77. The zero-order valence-electron chi connectivity index (χ0n) is 15.8. The maximum absolute atomic E-state index is 12.6. The Kier molecular flexibility index (Phi) is 5.96. The number of aromatic nitrogens is 1. The number of hydrogen-bond donors (Lipinski definition) is 1. The zero-order valence-corrected chi connectivity index (χ0v) is 17.4. The monoisotopic (exact) mass is 433 g/mol. The van der Waals surface area contributed by atoms with Crippen LogP contribution in [0.2, 0.25) is 0 Å². The van der Waals surface area contributed by atoms with Gasteiger partial charge in [-0.15, -0.1) is 0 Å². The highest BCUT2D eigenvalue weighted by Gasteiger charge is 2.14. The molecule has 29 heavy (non-hydrogen) atoms. The summed E-state index contributed by atoms with van der Waals surface area (Å²) in [6.07, 6.45) is 0.804. The summed E-state index contributed by atoms with van der Waals surface area (Å²) >= 11 is 1.21. The summed E-state index contributed by atoms with van der Waals surface area (Å²) in [5.41, 5.74) is 1.43. The average molecular weight is 434 g/mol. The number of ether oxygens (including phenoxy) is 1. The van der Waals surface area contributed by atoms with Crippen LogP contribution in [0.3, 0.4) is 0 Å². The van der Waals surface area contributed by atoms with E-state index in [-0.39, 0.29) is 4.90 Å². The summed E-state index contributed by atoms with van der Waals surface area (Å²) in [6, 6.07) is 10.6. The minimum absolute atomic E-state index is 0.00572. The van der Waals surface area contributed by atoms with Crippen LogP contribution in [0.4, 0.5) is 0 Å². The number of nitrogens with zero attached hydrogens (tertiary/aromatic N) is 2. The lowest BCUT2D eigenvalue weighted by Gasteiger charge is -2.04. The number of primary sulfonamides is 1. The maximum Gasteiger partial charge on any atom is 0.337 e. The summed E-state index contributed by atoms with van der Waals surface area (Å²) in [6.45, 7) is 2.61. The highest BCUT2D eigenvalue weighted by Crippen LogP contribution is 2.21. The minimum atomic E-state index is -3.83. The number of carbonyl (C=O) groups excluding carboxylic acids is 2. The van der Waals surface area contributed by atoms with Crippen molar-refractivity contribution in [3.8, 4) is 0 Å². The molecule has 2 aromatic carbocycles. The third-order valence-electron chi connectivity index (χ3n) is 4.18. The zero-order chi connectivity index (χ0) is 21.2. The van der Waals surface area contributed by atoms with Crippen LogP contribution in [-0.2, 0) is 21.3 Å². The quantitative estimate of drug-likeness (QED) is 0.619. The Morgan fingerprint density at radius 3 is 2.38 bits per heavy atom. The Morgan fingerprint density at radius 2 is 1.79 bits per heavy atom. The van der Waals surface area contributed by atoms with Crippen molar-refractivity contribution in [1.29, 1.82) is 0 Å². The van der Waals surface area contributed by atoms with Crippen molar-refractivity contribution >= 4 is 43.5 Å². The summed E-state index contributed by atoms with van der Waals surface area (Å²) < 4.78 is 30.4. The van der Waals surface area contributed by atoms with Gasteiger partial charge in [0, 0.05) is 12.1 Å². The summed E-state index contributed by atoms with van der Waals surface area (Å²) in [5.74, 6) is -0.957. The van der Waals surface area contributed by atoms with E-state index in [9.17, 15) is 18.0 Å². The van der Waals surface area contributed by atoms with Gasteiger partial charge in [0.05, 0.1) is 27.8 Å². The molecule has 0 aliphatic heterocycles. The lowest BCUT2D eigenvalue weighted by Crippen LogP contribution is -2.17. The predicted molar refractivity (Wildman–Crippen MR) is 109 cm³/mol. The molecule has 0 bridgehead atoms. The van der Waals surface area contributed by atoms with E-state index in [4.69, 9.17) is 5.14 Å². The molecule has 0 radical (unpaired) electrons. The largest absolute Gasteiger partial charge is 0.465 e. The van der Waals surface area contributed by atoms with E-state index >= 15 is 0 Å². The molecule has 0 fully saturated rings. The lowest BCUT2D eigenvalue weighted by atomic mass is 10.1. The molecule has 0 aliphatic carbocycles. The van der Waals surface area contributed by atoms with Gasteiger partial charge in [-0.2, -0.15) is 4.99 Å². The molecular weight excluding hydrogens is 414 g/mol. The van der Waals surface area contributed by atoms with Crippen molar-refractivity contribution in [2.45, 2.75) is 24.8 Å². The molecule has 0 unspecified atom stereocenters. The molecule has 10 heteroatoms. The molecule has 0 aliphatic rings. The molecule has 0 spiro atoms. The second-order valence-corrected chi connectivity index (χ2v) is 8.77. The van der Waals surface area contributed by atoms with Gasteiger partial charge in [0.15, 0.2) is 4.80 Å². The number of sulfonamides is 1. The van der Waals surface area contributed by atoms with Crippen molar-refractivity contribution in [2.75, 3.05) is 7.11 Å². The highest BCUT2D eigenvalue weighted by molar-refractivity contribution is 7.89. The number of fused-ring (bicyclic) bond motifs is 1. The second-order valence-electron chi connectivity index (χ2n) is 6.20. The fraction of sp³-hybridized carbons (Fsp3) is 0.211. The first-order valence-electron chi connectivity index (χ1n) is 8.68. The summed E-state index contributed by atoms with van der Waals surface area (Å²) in [4.78, 5) is 28.8. The number of aryl methyl sites for hydroxylation is 1. The number of esters is 1. The Labute approximate surface area is 171 Å². The first-order chi connectivity index (χ1) is 13.7. The standard InChI is InChI=1S/C19H19N3O5S2/c1-3-10-22-15-9-8-14(29(20,25)26)11-16(15)28-19(22)21-17(23)12-4-6-13(7-5-12)18(24)27-2/h4-9,11H,3,10H2,1-2H3,(H2,20,25,26). The fourth-order valence-corrected chi connectivity index (χ4v) is 4.48. The van der Waals surface area contributed by atoms with E-state index in [2.05, 4.69) is 9.73 Å². The van der Waals surface area contributed by atoms with Crippen LogP contribution in [0.25, 0.3) is 10.2 Å². The molecule has 1 heterocycles. The molecule has 0 saturated carbocycles. The third-order valence-corrected chi connectivity index (χ3v) is 6.13. The lowest BCUT2D eigenvalue weighted by molar-refractivity contribution is 0.0600. The van der Waals surface area contributed by atoms with Gasteiger partial charge in [0.25, 0.3) is 5.91 Å². The number of amides is 1. The van der Waals surface area contributed by atoms with Crippen molar-refractivity contribution < 1.29 is 22.7 Å². The van der Waals surface area contributed by atoms with E-state index in [1.165, 1.54) is 54.8 Å². The predicted octanol–water partition coefficient (Wildman–Crippen LogP) is 2.29. The van der Waals surface area contributed by atoms with E-state index in [0.717, 1.165) is 11.9 Å². The molecule has 8 nitrogen and oxygen atoms in total.